The summed E-state index contributed by atoms with van der Waals surface area (Å²) in [5, 5.41) is 8.36. The normalized spacial score (nSPS) is 23.9. The maximum Gasteiger partial charge on any atom is 0.264 e. The second-order valence-electron chi connectivity index (χ2n) is 5.55. The van der Waals surface area contributed by atoms with Gasteiger partial charge in [0.25, 0.3) is 10.1 Å². The quantitative estimate of drug-likeness (QED) is 0.674. The number of aromatic nitrogens is 3. The fraction of sp³-hybridized carbons (Fsp3) is 0.429. The number of halogens is 2. The number of hydrogen-bond acceptors (Lipinski definition) is 7. The summed E-state index contributed by atoms with van der Waals surface area (Å²) in [6, 6.07) is 4.96. The van der Waals surface area contributed by atoms with Crippen LogP contribution in [0.5, 0.6) is 0 Å². The van der Waals surface area contributed by atoms with E-state index in [-0.39, 0.29) is 19.8 Å². The zero-order valence-corrected chi connectivity index (χ0v) is 15.5. The molecule has 0 N–H and O–H groups in total. The molecule has 3 rings (SSSR count). The number of hydrogen-bond donors (Lipinski definition) is 0. The summed E-state index contributed by atoms with van der Waals surface area (Å²) in [4.78, 5) is 0. The Morgan fingerprint density at radius 1 is 1.36 bits per heavy atom. The van der Waals surface area contributed by atoms with E-state index in [2.05, 4.69) is 10.2 Å². The van der Waals surface area contributed by atoms with Crippen LogP contribution in [0.2, 0.25) is 10.0 Å². The first kappa shape index (κ1) is 18.6. The lowest BCUT2D eigenvalue weighted by atomic mass is 10.1. The van der Waals surface area contributed by atoms with Crippen LogP contribution in [-0.2, 0) is 36.1 Å². The van der Waals surface area contributed by atoms with Gasteiger partial charge in [-0.15, -0.1) is 10.2 Å². The van der Waals surface area contributed by atoms with Gasteiger partial charge in [0.2, 0.25) is 5.79 Å². The van der Waals surface area contributed by atoms with Crippen molar-refractivity contribution in [1.29, 1.82) is 0 Å². The zero-order valence-electron chi connectivity index (χ0n) is 13.1. The van der Waals surface area contributed by atoms with Crippen LogP contribution in [0.4, 0.5) is 0 Å². The number of ether oxygens (including phenoxy) is 2. The molecule has 1 aromatic carbocycles. The molecule has 1 fully saturated rings. The van der Waals surface area contributed by atoms with E-state index < -0.39 is 22.0 Å². The summed E-state index contributed by atoms with van der Waals surface area (Å²) in [6.07, 6.45) is 3.42. The first-order chi connectivity index (χ1) is 11.8. The van der Waals surface area contributed by atoms with E-state index in [1.54, 1.807) is 22.8 Å². The smallest absolute Gasteiger partial charge is 0.264 e. The van der Waals surface area contributed by atoms with E-state index in [9.17, 15) is 8.42 Å². The molecule has 11 heteroatoms. The van der Waals surface area contributed by atoms with Gasteiger partial charge in [-0.25, -0.2) is 0 Å². The molecular formula is C14H15Cl2N3O5S. The first-order valence-corrected chi connectivity index (χ1v) is 9.79. The van der Waals surface area contributed by atoms with E-state index in [1.807, 2.05) is 0 Å². The SMILES string of the molecule is CS(=O)(=O)OCC1COC(Cn2cnnc2)(c2ccc(Cl)cc2Cl)O1. The molecule has 0 aliphatic carbocycles. The van der Waals surface area contributed by atoms with E-state index >= 15 is 0 Å². The van der Waals surface area contributed by atoms with Crippen LogP contribution in [-0.4, -0.2) is 48.8 Å². The highest BCUT2D eigenvalue weighted by atomic mass is 35.5. The second-order valence-corrected chi connectivity index (χ2v) is 8.04. The highest BCUT2D eigenvalue weighted by Crippen LogP contribution is 2.40. The van der Waals surface area contributed by atoms with Crippen molar-refractivity contribution in [3.8, 4) is 0 Å². The predicted octanol–water partition coefficient (Wildman–Crippen LogP) is 1.83. The molecule has 8 nitrogen and oxygen atoms in total. The molecule has 2 heterocycles. The van der Waals surface area contributed by atoms with Crippen molar-refractivity contribution in [3.63, 3.8) is 0 Å². The Labute approximate surface area is 154 Å². The lowest BCUT2D eigenvalue weighted by Gasteiger charge is -2.29. The lowest BCUT2D eigenvalue weighted by molar-refractivity contribution is -0.189. The molecule has 0 saturated carbocycles. The third-order valence-electron chi connectivity index (χ3n) is 3.53. The molecule has 0 spiro atoms. The first-order valence-electron chi connectivity index (χ1n) is 7.21. The molecule has 2 unspecified atom stereocenters. The maximum absolute atomic E-state index is 11.2. The third-order valence-corrected chi connectivity index (χ3v) is 4.64. The van der Waals surface area contributed by atoms with Gasteiger partial charge in [-0.05, 0) is 12.1 Å². The van der Waals surface area contributed by atoms with Crippen LogP contribution in [0.25, 0.3) is 0 Å². The van der Waals surface area contributed by atoms with Gasteiger partial charge in [0.1, 0.15) is 18.8 Å². The van der Waals surface area contributed by atoms with E-state index in [1.165, 1.54) is 12.7 Å². The highest BCUT2D eigenvalue weighted by Gasteiger charge is 2.45. The molecule has 0 amide bonds. The summed E-state index contributed by atoms with van der Waals surface area (Å²) in [5.41, 5.74) is 0.564. The van der Waals surface area contributed by atoms with Crippen LogP contribution in [0.1, 0.15) is 5.56 Å². The molecule has 1 aromatic heterocycles. The topological polar surface area (TPSA) is 92.5 Å². The number of rotatable bonds is 6. The van der Waals surface area contributed by atoms with E-state index in [4.69, 9.17) is 36.9 Å². The minimum absolute atomic E-state index is 0.136. The molecule has 1 saturated heterocycles. The van der Waals surface area contributed by atoms with Crippen LogP contribution < -0.4 is 0 Å². The van der Waals surface area contributed by atoms with Crippen molar-refractivity contribution in [2.24, 2.45) is 0 Å². The van der Waals surface area contributed by atoms with Crippen molar-refractivity contribution in [2.75, 3.05) is 19.5 Å². The zero-order chi connectivity index (χ0) is 18.1. The van der Waals surface area contributed by atoms with Gasteiger partial charge >= 0.3 is 0 Å². The van der Waals surface area contributed by atoms with Crippen molar-refractivity contribution in [2.45, 2.75) is 18.4 Å². The molecule has 0 bridgehead atoms. The summed E-state index contributed by atoms with van der Waals surface area (Å²) in [7, 11) is -3.58. The third kappa shape index (κ3) is 4.49. The van der Waals surface area contributed by atoms with Gasteiger partial charge in [0, 0.05) is 10.6 Å². The second kappa shape index (κ2) is 7.18. The van der Waals surface area contributed by atoms with Crippen LogP contribution >= 0.6 is 23.2 Å². The summed E-state index contributed by atoms with van der Waals surface area (Å²) < 4.78 is 40.8. The van der Waals surface area contributed by atoms with Gasteiger partial charge in [-0.2, -0.15) is 8.42 Å². The minimum Gasteiger partial charge on any atom is -0.342 e. The Bertz CT molecular complexity index is 846. The van der Waals surface area contributed by atoms with Crippen LogP contribution in [0.3, 0.4) is 0 Å². The Hall–Kier alpha value is -1.23. The summed E-state index contributed by atoms with van der Waals surface area (Å²) in [5.74, 6) is -1.24. The average molecular weight is 408 g/mol. The van der Waals surface area contributed by atoms with Gasteiger partial charge in [0.05, 0.1) is 31.0 Å². The van der Waals surface area contributed by atoms with Crippen molar-refractivity contribution < 1.29 is 22.1 Å². The molecule has 1 aliphatic heterocycles. The van der Waals surface area contributed by atoms with Crippen molar-refractivity contribution in [3.05, 3.63) is 46.5 Å². The van der Waals surface area contributed by atoms with Crippen molar-refractivity contribution >= 4 is 33.3 Å². The van der Waals surface area contributed by atoms with Gasteiger partial charge in [-0.3, -0.25) is 4.18 Å². The summed E-state index contributed by atoms with van der Waals surface area (Å²) >= 11 is 12.3. The minimum atomic E-state index is -3.58. The highest BCUT2D eigenvalue weighted by molar-refractivity contribution is 7.85. The fourth-order valence-electron chi connectivity index (χ4n) is 2.50. The monoisotopic (exact) mass is 407 g/mol. The molecule has 2 atom stereocenters. The Kier molecular flexibility index (Phi) is 5.33. The molecule has 0 radical (unpaired) electrons. The average Bonchev–Trinajstić information content (AvgIpc) is 3.15. The molecule has 25 heavy (non-hydrogen) atoms. The maximum atomic E-state index is 11.2. The standard InChI is InChI=1S/C14H15Cl2N3O5S/c1-25(20,21)23-6-11-5-22-14(24-11,7-19-8-17-18-9-19)12-3-2-10(15)4-13(12)16/h2-4,8-9,11H,5-7H2,1H3. The van der Waals surface area contributed by atoms with Gasteiger partial charge < -0.3 is 14.0 Å². The molecule has 1 aliphatic rings. The molecule has 2 aromatic rings. The molecule has 136 valence electrons. The largest absolute Gasteiger partial charge is 0.342 e. The Morgan fingerprint density at radius 2 is 2.08 bits per heavy atom. The fourth-order valence-corrected chi connectivity index (χ4v) is 3.45. The van der Waals surface area contributed by atoms with Crippen molar-refractivity contribution in [1.82, 2.24) is 14.8 Å². The van der Waals surface area contributed by atoms with Gasteiger partial charge in [0.15, 0.2) is 0 Å². The predicted molar refractivity (Wildman–Crippen MR) is 89.8 cm³/mol. The number of nitrogens with zero attached hydrogens (tertiary/aromatic N) is 3. The molecular weight excluding hydrogens is 393 g/mol. The van der Waals surface area contributed by atoms with Crippen LogP contribution in [0, 0.1) is 0 Å². The van der Waals surface area contributed by atoms with Crippen LogP contribution in [0.15, 0.2) is 30.9 Å². The van der Waals surface area contributed by atoms with E-state index in [0.29, 0.717) is 15.6 Å². The Morgan fingerprint density at radius 3 is 2.72 bits per heavy atom. The summed E-state index contributed by atoms with van der Waals surface area (Å²) in [6.45, 7) is 0.196. The lowest BCUT2D eigenvalue weighted by Crippen LogP contribution is -2.34. The van der Waals surface area contributed by atoms with Gasteiger partial charge in [-0.1, -0.05) is 29.3 Å². The number of benzene rings is 1. The van der Waals surface area contributed by atoms with E-state index in [0.717, 1.165) is 6.26 Å². The Balaban J connectivity index is 1.88.